The Bertz CT molecular complexity index is 1230. The molecule has 8 nitrogen and oxygen atoms in total. The molecule has 0 saturated heterocycles. The Balaban J connectivity index is 0.00000196. The van der Waals surface area contributed by atoms with Crippen molar-refractivity contribution in [2.75, 3.05) is 0 Å². The number of azo groups is 1. The first-order valence-corrected chi connectivity index (χ1v) is 9.93. The van der Waals surface area contributed by atoms with E-state index < -0.39 is 20.2 Å². The summed E-state index contributed by atoms with van der Waals surface area (Å²) in [5, 5.41) is 9.12. The van der Waals surface area contributed by atoms with Crippen molar-refractivity contribution >= 4 is 42.4 Å². The van der Waals surface area contributed by atoms with Crippen molar-refractivity contribution in [3.8, 4) is 0 Å². The quantitative estimate of drug-likeness (QED) is 0.244. The van der Waals surface area contributed by atoms with Crippen molar-refractivity contribution < 1.29 is 85.1 Å². The van der Waals surface area contributed by atoms with Gasteiger partial charge in [0, 0.05) is 5.39 Å². The van der Waals surface area contributed by atoms with E-state index in [-0.39, 0.29) is 68.9 Å². The normalized spacial score (nSPS) is 11.8. The summed E-state index contributed by atoms with van der Waals surface area (Å²) in [6.45, 7) is 0. The Morgan fingerprint density at radius 1 is 0.679 bits per heavy atom. The van der Waals surface area contributed by atoms with Crippen LogP contribution in [0.4, 0.5) is 11.4 Å². The molecule has 0 amide bonds. The van der Waals surface area contributed by atoms with Gasteiger partial charge in [0.05, 0.1) is 21.2 Å². The molecule has 134 valence electrons. The third-order valence-electron chi connectivity index (χ3n) is 3.52. The van der Waals surface area contributed by atoms with Crippen molar-refractivity contribution in [3.63, 3.8) is 0 Å². The van der Waals surface area contributed by atoms with Gasteiger partial charge in [-0.25, -0.2) is 16.8 Å². The van der Waals surface area contributed by atoms with Gasteiger partial charge in [-0.3, -0.25) is 0 Å². The molecule has 0 heterocycles. The SMILES string of the molecule is O=S(=O)([O-])c1ccc(N=Nc2cccc3cc(S(=O)(=O)[O-])ccc23)cc1.[Na+].[Na+]. The van der Waals surface area contributed by atoms with Crippen LogP contribution < -0.4 is 59.1 Å². The molecule has 0 radical (unpaired) electrons. The molecule has 3 aromatic carbocycles. The van der Waals surface area contributed by atoms with Crippen LogP contribution in [0.5, 0.6) is 0 Å². The molecule has 28 heavy (non-hydrogen) atoms. The predicted octanol–water partition coefficient (Wildman–Crippen LogP) is -2.93. The van der Waals surface area contributed by atoms with Gasteiger partial charge in [0.2, 0.25) is 0 Å². The van der Waals surface area contributed by atoms with E-state index in [1.54, 1.807) is 18.2 Å². The van der Waals surface area contributed by atoms with Gasteiger partial charge in [0.1, 0.15) is 20.2 Å². The zero-order valence-electron chi connectivity index (χ0n) is 14.9. The summed E-state index contributed by atoms with van der Waals surface area (Å²) in [6.07, 6.45) is 0. The molecule has 12 heteroatoms. The molecule has 3 rings (SSSR count). The number of fused-ring (bicyclic) bond motifs is 1. The van der Waals surface area contributed by atoms with Gasteiger partial charge in [-0.15, -0.1) is 5.11 Å². The van der Waals surface area contributed by atoms with Gasteiger partial charge in [-0.05, 0) is 47.9 Å². The van der Waals surface area contributed by atoms with Crippen molar-refractivity contribution in [1.29, 1.82) is 0 Å². The van der Waals surface area contributed by atoms with Crippen LogP contribution in [0.2, 0.25) is 0 Å². The van der Waals surface area contributed by atoms with Gasteiger partial charge in [0.15, 0.2) is 0 Å². The predicted molar refractivity (Wildman–Crippen MR) is 90.5 cm³/mol. The van der Waals surface area contributed by atoms with Crippen LogP contribution in [0.15, 0.2) is 80.7 Å². The van der Waals surface area contributed by atoms with E-state index in [0.29, 0.717) is 22.1 Å². The maximum absolute atomic E-state index is 11.1. The molecule has 0 bridgehead atoms. The van der Waals surface area contributed by atoms with Gasteiger partial charge in [-0.1, -0.05) is 18.2 Å². The van der Waals surface area contributed by atoms with Crippen LogP contribution in [0, 0.1) is 0 Å². The molecule has 0 N–H and O–H groups in total. The molecule has 0 fully saturated rings. The van der Waals surface area contributed by atoms with E-state index in [1.807, 2.05) is 0 Å². The molecule has 0 saturated carbocycles. The average Bonchev–Trinajstić information content (AvgIpc) is 2.58. The summed E-state index contributed by atoms with van der Waals surface area (Å²) in [5.74, 6) is 0. The summed E-state index contributed by atoms with van der Waals surface area (Å²) < 4.78 is 66.0. The largest absolute Gasteiger partial charge is 1.00 e. The Labute approximate surface area is 206 Å². The number of nitrogens with zero attached hydrogens (tertiary/aromatic N) is 2. The number of hydrogen-bond donors (Lipinski definition) is 0. The number of benzene rings is 3. The van der Waals surface area contributed by atoms with Crippen LogP contribution in [0.25, 0.3) is 10.8 Å². The molecule has 0 aliphatic rings. The van der Waals surface area contributed by atoms with E-state index in [9.17, 15) is 25.9 Å². The smallest absolute Gasteiger partial charge is 0.744 e. The Hall–Kier alpha value is -0.660. The topological polar surface area (TPSA) is 139 Å². The second kappa shape index (κ2) is 9.90. The first-order chi connectivity index (χ1) is 12.1. The molecular formula is C16H10N2Na2O6S2. The first-order valence-electron chi connectivity index (χ1n) is 7.11. The molecular weight excluding hydrogens is 426 g/mol. The Kier molecular flexibility index (Phi) is 8.97. The van der Waals surface area contributed by atoms with E-state index in [2.05, 4.69) is 10.2 Å². The maximum Gasteiger partial charge on any atom is 1.00 e. The summed E-state index contributed by atoms with van der Waals surface area (Å²) in [4.78, 5) is -0.707. The summed E-state index contributed by atoms with van der Waals surface area (Å²) in [7, 11) is -9.09. The monoisotopic (exact) mass is 436 g/mol. The first kappa shape index (κ1) is 25.4. The third-order valence-corrected chi connectivity index (χ3v) is 5.20. The van der Waals surface area contributed by atoms with Gasteiger partial charge in [-0.2, -0.15) is 5.11 Å². The Morgan fingerprint density at radius 2 is 1.25 bits per heavy atom. The molecule has 3 aromatic rings. The van der Waals surface area contributed by atoms with Crippen LogP contribution in [0.3, 0.4) is 0 Å². The van der Waals surface area contributed by atoms with Crippen LogP contribution in [0.1, 0.15) is 0 Å². The van der Waals surface area contributed by atoms with E-state index in [4.69, 9.17) is 0 Å². The fourth-order valence-electron chi connectivity index (χ4n) is 2.28. The van der Waals surface area contributed by atoms with Crippen LogP contribution in [-0.4, -0.2) is 25.9 Å². The maximum atomic E-state index is 11.1. The zero-order valence-corrected chi connectivity index (χ0v) is 20.6. The number of rotatable bonds is 4. The molecule has 0 aliphatic heterocycles. The second-order valence-electron chi connectivity index (χ2n) is 5.26. The second-order valence-corrected chi connectivity index (χ2v) is 8.02. The Morgan fingerprint density at radius 3 is 1.82 bits per heavy atom. The molecule has 0 spiro atoms. The minimum Gasteiger partial charge on any atom is -0.744 e. The number of hydrogen-bond acceptors (Lipinski definition) is 8. The van der Waals surface area contributed by atoms with Crippen molar-refractivity contribution in [3.05, 3.63) is 60.7 Å². The van der Waals surface area contributed by atoms with Crippen molar-refractivity contribution in [2.45, 2.75) is 9.79 Å². The molecule has 0 aliphatic carbocycles. The molecule has 0 unspecified atom stereocenters. The van der Waals surface area contributed by atoms with Gasteiger partial charge in [0.25, 0.3) is 0 Å². The van der Waals surface area contributed by atoms with Gasteiger partial charge < -0.3 is 9.11 Å². The van der Waals surface area contributed by atoms with Crippen LogP contribution in [-0.2, 0) is 20.2 Å². The standard InChI is InChI=1S/C16H12N2O6S2.2Na/c19-25(20,21)13-6-4-12(5-7-13)17-18-16-3-1-2-11-10-14(26(22,23)24)8-9-15(11)16;;/h1-10H,(H,19,20,21)(H,22,23,24);;/q;2*+1/p-2. The minimum absolute atomic E-state index is 0. The van der Waals surface area contributed by atoms with Crippen molar-refractivity contribution in [1.82, 2.24) is 0 Å². The fourth-order valence-corrected chi connectivity index (χ4v) is 3.25. The fraction of sp³-hybridized carbons (Fsp3) is 0. The summed E-state index contributed by atoms with van der Waals surface area (Å²) in [6, 6.07) is 13.7. The van der Waals surface area contributed by atoms with Gasteiger partial charge >= 0.3 is 59.1 Å². The molecule has 0 aromatic heterocycles. The minimum atomic E-state index is -4.56. The summed E-state index contributed by atoms with van der Waals surface area (Å²) in [5.41, 5.74) is 0.756. The average molecular weight is 436 g/mol. The summed E-state index contributed by atoms with van der Waals surface area (Å²) >= 11 is 0. The van der Waals surface area contributed by atoms with Crippen molar-refractivity contribution in [2.24, 2.45) is 10.2 Å². The molecule has 0 atom stereocenters. The third kappa shape index (κ3) is 6.17. The van der Waals surface area contributed by atoms with E-state index in [0.717, 1.165) is 12.1 Å². The van der Waals surface area contributed by atoms with Crippen LogP contribution >= 0.6 is 0 Å². The van der Waals surface area contributed by atoms with E-state index in [1.165, 1.54) is 30.3 Å². The van der Waals surface area contributed by atoms with E-state index >= 15 is 0 Å². The zero-order chi connectivity index (χ0) is 18.9.